The summed E-state index contributed by atoms with van der Waals surface area (Å²) in [5, 5.41) is 10.7. The molecule has 0 bridgehead atoms. The van der Waals surface area contributed by atoms with Crippen LogP contribution in [-0.4, -0.2) is 25.2 Å². The van der Waals surface area contributed by atoms with Crippen molar-refractivity contribution >= 4 is 10.0 Å². The van der Waals surface area contributed by atoms with Gasteiger partial charge in [0.15, 0.2) is 0 Å². The highest BCUT2D eigenvalue weighted by molar-refractivity contribution is 7.89. The molecule has 0 radical (unpaired) electrons. The Labute approximate surface area is 133 Å². The predicted octanol–water partition coefficient (Wildman–Crippen LogP) is 2.46. The highest BCUT2D eigenvalue weighted by atomic mass is 32.2. The van der Waals surface area contributed by atoms with Crippen molar-refractivity contribution < 1.29 is 13.5 Å². The second-order valence-electron chi connectivity index (χ2n) is 7.76. The largest absolute Gasteiger partial charge is 0.389 e. The summed E-state index contributed by atoms with van der Waals surface area (Å²) in [6, 6.07) is 6.39. The number of aryl methyl sites for hydroxylation is 1. The zero-order valence-electron chi connectivity index (χ0n) is 13.6. The fraction of sp³-hybridized carbons (Fsp3) is 0.647. The molecule has 0 aliphatic heterocycles. The molecule has 0 heterocycles. The van der Waals surface area contributed by atoms with E-state index in [4.69, 9.17) is 0 Å². The zero-order valence-corrected chi connectivity index (χ0v) is 14.4. The van der Waals surface area contributed by atoms with Crippen molar-refractivity contribution in [3.8, 4) is 0 Å². The Hall–Kier alpha value is -0.910. The summed E-state index contributed by atoms with van der Waals surface area (Å²) in [4.78, 5) is 0.259. The van der Waals surface area contributed by atoms with Gasteiger partial charge in [-0.3, -0.25) is 0 Å². The molecule has 1 aromatic carbocycles. The molecule has 0 unspecified atom stereocenters. The Bertz CT molecular complexity index is 676. The van der Waals surface area contributed by atoms with Gasteiger partial charge in [0.1, 0.15) is 0 Å². The van der Waals surface area contributed by atoms with Crippen molar-refractivity contribution in [3.05, 3.63) is 29.8 Å². The zero-order chi connectivity index (χ0) is 16.3. The van der Waals surface area contributed by atoms with E-state index in [0.29, 0.717) is 12.3 Å². The maximum Gasteiger partial charge on any atom is 0.240 e. The molecule has 5 heteroatoms. The summed E-state index contributed by atoms with van der Waals surface area (Å²) >= 11 is 0. The smallest absolute Gasteiger partial charge is 0.240 e. The lowest BCUT2D eigenvalue weighted by atomic mass is 9.82. The average Bonchev–Trinajstić information content (AvgIpc) is 2.95. The maximum absolute atomic E-state index is 12.7. The molecule has 1 aromatic rings. The molecule has 122 valence electrons. The standard InChI is InChI=1S/C17H25NO3S/c1-11-5-7-12(8-6-11)22(20,21)18-15-14-13(16(14,2)3)9-10-17(15,4)19/h5-8,13-15,18-19H,9-10H2,1-4H3/t13-,14+,15+,17-/m1/s1. The summed E-state index contributed by atoms with van der Waals surface area (Å²) in [5.74, 6) is 0.704. The Morgan fingerprint density at radius 3 is 2.36 bits per heavy atom. The van der Waals surface area contributed by atoms with Crippen LogP contribution in [-0.2, 0) is 10.0 Å². The first-order valence-corrected chi connectivity index (χ1v) is 9.35. The SMILES string of the molecule is Cc1ccc(S(=O)(=O)N[C@H]2[C@@H]3[C@@H](CC[C@@]2(C)O)C3(C)C)cc1. The number of hydrogen-bond donors (Lipinski definition) is 2. The second kappa shape index (κ2) is 4.79. The van der Waals surface area contributed by atoms with Crippen LogP contribution in [0.1, 0.15) is 39.2 Å². The van der Waals surface area contributed by atoms with Crippen LogP contribution in [0.2, 0.25) is 0 Å². The number of hydrogen-bond acceptors (Lipinski definition) is 3. The molecule has 2 fully saturated rings. The third-order valence-corrected chi connectivity index (χ3v) is 7.20. The fourth-order valence-corrected chi connectivity index (χ4v) is 5.51. The monoisotopic (exact) mass is 323 g/mol. The van der Waals surface area contributed by atoms with Crippen LogP contribution < -0.4 is 4.72 Å². The lowest BCUT2D eigenvalue weighted by Crippen LogP contribution is -2.54. The number of fused-ring (bicyclic) bond motifs is 1. The highest BCUT2D eigenvalue weighted by Crippen LogP contribution is 2.66. The van der Waals surface area contributed by atoms with Crippen molar-refractivity contribution in [1.29, 1.82) is 0 Å². The number of rotatable bonds is 3. The van der Waals surface area contributed by atoms with Crippen molar-refractivity contribution in [2.75, 3.05) is 0 Å². The van der Waals surface area contributed by atoms with Gasteiger partial charge in [0.05, 0.1) is 16.5 Å². The van der Waals surface area contributed by atoms with Crippen molar-refractivity contribution in [3.63, 3.8) is 0 Å². The van der Waals surface area contributed by atoms with Gasteiger partial charge >= 0.3 is 0 Å². The van der Waals surface area contributed by atoms with E-state index in [1.165, 1.54) is 0 Å². The first-order chi connectivity index (χ1) is 10.1. The lowest BCUT2D eigenvalue weighted by Gasteiger charge is -2.37. The van der Waals surface area contributed by atoms with Crippen molar-refractivity contribution in [2.24, 2.45) is 17.3 Å². The summed E-state index contributed by atoms with van der Waals surface area (Å²) in [5.41, 5.74) is 0.125. The number of sulfonamides is 1. The van der Waals surface area contributed by atoms with Gasteiger partial charge in [0.25, 0.3) is 0 Å². The van der Waals surface area contributed by atoms with Gasteiger partial charge in [0.2, 0.25) is 10.0 Å². The molecule has 0 spiro atoms. The minimum Gasteiger partial charge on any atom is -0.389 e. The molecule has 22 heavy (non-hydrogen) atoms. The molecule has 0 saturated heterocycles. The Morgan fingerprint density at radius 1 is 1.18 bits per heavy atom. The van der Waals surface area contributed by atoms with Gasteiger partial charge < -0.3 is 5.11 Å². The van der Waals surface area contributed by atoms with E-state index in [1.54, 1.807) is 31.2 Å². The minimum atomic E-state index is -3.61. The summed E-state index contributed by atoms with van der Waals surface area (Å²) in [6.45, 7) is 8.00. The van der Waals surface area contributed by atoms with Gasteiger partial charge in [0, 0.05) is 0 Å². The van der Waals surface area contributed by atoms with Gasteiger partial charge in [-0.05, 0) is 56.1 Å². The summed E-state index contributed by atoms with van der Waals surface area (Å²) < 4.78 is 28.1. The van der Waals surface area contributed by atoms with E-state index in [9.17, 15) is 13.5 Å². The Balaban J connectivity index is 1.88. The van der Waals surface area contributed by atoms with Crippen LogP contribution in [0, 0.1) is 24.2 Å². The second-order valence-corrected chi connectivity index (χ2v) is 9.48. The van der Waals surface area contributed by atoms with Crippen LogP contribution in [0.3, 0.4) is 0 Å². The molecule has 3 rings (SSSR count). The molecule has 2 N–H and O–H groups in total. The normalized spacial score (nSPS) is 36.7. The van der Waals surface area contributed by atoms with Gasteiger partial charge in [-0.2, -0.15) is 0 Å². The average molecular weight is 323 g/mol. The van der Waals surface area contributed by atoms with E-state index in [2.05, 4.69) is 18.6 Å². The number of aliphatic hydroxyl groups is 1. The third kappa shape index (κ3) is 2.49. The molecule has 0 amide bonds. The number of nitrogens with one attached hydrogen (secondary N) is 1. The summed E-state index contributed by atoms with van der Waals surface area (Å²) in [6.07, 6.45) is 1.60. The van der Waals surface area contributed by atoms with Crippen LogP contribution in [0.4, 0.5) is 0 Å². The fourth-order valence-electron chi connectivity index (χ4n) is 4.14. The first kappa shape index (κ1) is 16.0. The number of benzene rings is 1. The predicted molar refractivity (Wildman–Crippen MR) is 85.9 cm³/mol. The molecule has 2 aliphatic rings. The van der Waals surface area contributed by atoms with E-state index in [1.807, 2.05) is 6.92 Å². The molecule has 2 aliphatic carbocycles. The third-order valence-electron chi connectivity index (χ3n) is 5.74. The minimum absolute atomic E-state index is 0.0982. The topological polar surface area (TPSA) is 66.4 Å². The highest BCUT2D eigenvalue weighted by Gasteiger charge is 2.66. The van der Waals surface area contributed by atoms with Crippen LogP contribution in [0.5, 0.6) is 0 Å². The molecule has 0 aromatic heterocycles. The van der Waals surface area contributed by atoms with E-state index >= 15 is 0 Å². The molecule has 4 atom stereocenters. The van der Waals surface area contributed by atoms with Gasteiger partial charge in [-0.1, -0.05) is 31.5 Å². The van der Waals surface area contributed by atoms with E-state index < -0.39 is 21.7 Å². The molecule has 2 saturated carbocycles. The lowest BCUT2D eigenvalue weighted by molar-refractivity contribution is -0.00798. The quantitative estimate of drug-likeness (QED) is 0.898. The van der Waals surface area contributed by atoms with Crippen molar-refractivity contribution in [1.82, 2.24) is 4.72 Å². The molecular formula is C17H25NO3S. The Morgan fingerprint density at radius 2 is 1.77 bits per heavy atom. The van der Waals surface area contributed by atoms with Crippen molar-refractivity contribution in [2.45, 2.75) is 57.1 Å². The Kier molecular flexibility index (Phi) is 3.48. The maximum atomic E-state index is 12.7. The van der Waals surface area contributed by atoms with Crippen LogP contribution in [0.25, 0.3) is 0 Å². The van der Waals surface area contributed by atoms with Crippen LogP contribution in [0.15, 0.2) is 29.2 Å². The molecule has 4 nitrogen and oxygen atoms in total. The van der Waals surface area contributed by atoms with Crippen LogP contribution >= 0.6 is 0 Å². The van der Waals surface area contributed by atoms with Gasteiger partial charge in [-0.25, -0.2) is 13.1 Å². The van der Waals surface area contributed by atoms with Gasteiger partial charge in [-0.15, -0.1) is 0 Å². The first-order valence-electron chi connectivity index (χ1n) is 7.87. The van der Waals surface area contributed by atoms with E-state index in [-0.39, 0.29) is 16.2 Å². The molecular weight excluding hydrogens is 298 g/mol. The summed E-state index contributed by atoms with van der Waals surface area (Å²) in [7, 11) is -3.61. The van der Waals surface area contributed by atoms with E-state index in [0.717, 1.165) is 12.0 Å².